The number of hydrogen-bond donors (Lipinski definition) is 0. The number of hydrogen-bond acceptors (Lipinski definition) is 3. The zero-order valence-electron chi connectivity index (χ0n) is 10.9. The Kier molecular flexibility index (Phi) is 3.69. The molecular formula is C14H8BrF3N4. The van der Waals surface area contributed by atoms with E-state index in [0.717, 1.165) is 6.07 Å². The molecule has 0 unspecified atom stereocenters. The van der Waals surface area contributed by atoms with E-state index in [4.69, 9.17) is 0 Å². The summed E-state index contributed by atoms with van der Waals surface area (Å²) < 4.78 is 41.0. The van der Waals surface area contributed by atoms with Crippen LogP contribution in [0.2, 0.25) is 0 Å². The fourth-order valence-corrected chi connectivity index (χ4v) is 2.13. The molecule has 2 aromatic heterocycles. The molecule has 0 aliphatic heterocycles. The van der Waals surface area contributed by atoms with Crippen LogP contribution in [0, 0.1) is 0 Å². The number of benzene rings is 1. The van der Waals surface area contributed by atoms with E-state index in [1.54, 1.807) is 30.3 Å². The van der Waals surface area contributed by atoms with Crippen LogP contribution in [0.3, 0.4) is 0 Å². The first kappa shape index (κ1) is 14.7. The maximum absolute atomic E-state index is 13.1. The van der Waals surface area contributed by atoms with Gasteiger partial charge < -0.3 is 0 Å². The number of rotatable bonds is 2. The van der Waals surface area contributed by atoms with E-state index in [1.807, 2.05) is 0 Å². The van der Waals surface area contributed by atoms with Crippen LogP contribution in [0.1, 0.15) is 5.69 Å². The van der Waals surface area contributed by atoms with Gasteiger partial charge in [0.25, 0.3) is 5.95 Å². The Hall–Kier alpha value is -2.22. The van der Waals surface area contributed by atoms with Crippen LogP contribution >= 0.6 is 15.9 Å². The number of alkyl halides is 3. The van der Waals surface area contributed by atoms with Gasteiger partial charge in [-0.15, -0.1) is 0 Å². The number of aromatic nitrogens is 4. The Labute approximate surface area is 131 Å². The molecule has 4 nitrogen and oxygen atoms in total. The summed E-state index contributed by atoms with van der Waals surface area (Å²) in [6.07, 6.45) is -1.62. The molecule has 0 saturated heterocycles. The summed E-state index contributed by atoms with van der Waals surface area (Å²) in [7, 11) is 0. The second kappa shape index (κ2) is 5.53. The van der Waals surface area contributed by atoms with Gasteiger partial charge in [0.2, 0.25) is 0 Å². The highest BCUT2D eigenvalue weighted by molar-refractivity contribution is 9.10. The van der Waals surface area contributed by atoms with Crippen molar-refractivity contribution < 1.29 is 13.2 Å². The molecule has 0 aliphatic rings. The van der Waals surface area contributed by atoms with Gasteiger partial charge in [-0.3, -0.25) is 0 Å². The highest BCUT2D eigenvalue weighted by Crippen LogP contribution is 2.30. The molecule has 0 saturated carbocycles. The summed E-state index contributed by atoms with van der Waals surface area (Å²) in [5.41, 5.74) is -0.254. The lowest BCUT2D eigenvalue weighted by atomic mass is 10.1. The van der Waals surface area contributed by atoms with E-state index >= 15 is 0 Å². The normalized spacial score (nSPS) is 11.6. The van der Waals surface area contributed by atoms with Gasteiger partial charge in [-0.1, -0.05) is 30.3 Å². The van der Waals surface area contributed by atoms with Gasteiger partial charge in [-0.05, 0) is 22.0 Å². The molecule has 0 fully saturated rings. The fraction of sp³-hybridized carbons (Fsp3) is 0.0714. The van der Waals surface area contributed by atoms with E-state index in [0.29, 0.717) is 10.0 Å². The van der Waals surface area contributed by atoms with Gasteiger partial charge in [-0.25, -0.2) is 14.6 Å². The highest BCUT2D eigenvalue weighted by Gasteiger charge is 2.34. The molecule has 22 heavy (non-hydrogen) atoms. The van der Waals surface area contributed by atoms with Crippen molar-refractivity contribution in [3.8, 4) is 17.2 Å². The topological polar surface area (TPSA) is 43.6 Å². The molecule has 8 heteroatoms. The average Bonchev–Trinajstić information content (AvgIpc) is 2.93. The molecule has 0 N–H and O–H groups in total. The van der Waals surface area contributed by atoms with Crippen LogP contribution in [0.15, 0.2) is 53.3 Å². The Balaban J connectivity index is 2.19. The van der Waals surface area contributed by atoms with Crippen molar-refractivity contribution in [2.75, 3.05) is 0 Å². The second-order valence-electron chi connectivity index (χ2n) is 4.41. The van der Waals surface area contributed by atoms with Gasteiger partial charge in [0.1, 0.15) is 0 Å². The maximum Gasteiger partial charge on any atom is 0.433 e. The quantitative estimate of drug-likeness (QED) is 0.683. The number of nitrogens with zero attached hydrogens (tertiary/aromatic N) is 4. The molecule has 0 spiro atoms. The zero-order chi connectivity index (χ0) is 15.7. The van der Waals surface area contributed by atoms with Crippen LogP contribution in [-0.2, 0) is 6.18 Å². The molecule has 0 bridgehead atoms. The minimum atomic E-state index is -4.56. The minimum absolute atomic E-state index is 0.139. The average molecular weight is 369 g/mol. The van der Waals surface area contributed by atoms with E-state index in [-0.39, 0.29) is 11.6 Å². The summed E-state index contributed by atoms with van der Waals surface area (Å²) in [4.78, 5) is 7.73. The van der Waals surface area contributed by atoms with Crippen molar-refractivity contribution in [3.05, 3.63) is 59.0 Å². The minimum Gasteiger partial charge on any atom is -0.211 e. The smallest absolute Gasteiger partial charge is 0.211 e. The SMILES string of the molecule is FC(F)(F)c1cc(-c2ccccc2)nc(-n2cc(Br)cn2)n1. The summed E-state index contributed by atoms with van der Waals surface area (Å²) in [5.74, 6) is -0.139. The molecule has 1 aromatic carbocycles. The third kappa shape index (κ3) is 3.01. The Morgan fingerprint density at radius 3 is 2.36 bits per heavy atom. The molecule has 3 aromatic rings. The van der Waals surface area contributed by atoms with Gasteiger partial charge in [0, 0.05) is 11.8 Å². The zero-order valence-corrected chi connectivity index (χ0v) is 12.5. The van der Waals surface area contributed by atoms with Crippen LogP contribution in [0.4, 0.5) is 13.2 Å². The predicted molar refractivity (Wildman–Crippen MR) is 77.3 cm³/mol. The van der Waals surface area contributed by atoms with Gasteiger partial charge in [0.05, 0.1) is 16.4 Å². The summed E-state index contributed by atoms with van der Waals surface area (Å²) in [6.45, 7) is 0. The molecule has 112 valence electrons. The predicted octanol–water partition coefficient (Wildman–Crippen LogP) is 4.11. The van der Waals surface area contributed by atoms with Crippen LogP contribution in [-0.4, -0.2) is 19.7 Å². The van der Waals surface area contributed by atoms with E-state index in [9.17, 15) is 13.2 Å². The van der Waals surface area contributed by atoms with Gasteiger partial charge >= 0.3 is 6.18 Å². The van der Waals surface area contributed by atoms with Crippen molar-refractivity contribution in [3.63, 3.8) is 0 Å². The second-order valence-corrected chi connectivity index (χ2v) is 5.32. The van der Waals surface area contributed by atoms with Crippen molar-refractivity contribution in [2.24, 2.45) is 0 Å². The Bertz CT molecular complexity index is 799. The van der Waals surface area contributed by atoms with Crippen molar-refractivity contribution in [2.45, 2.75) is 6.18 Å². The largest absolute Gasteiger partial charge is 0.433 e. The Morgan fingerprint density at radius 2 is 1.77 bits per heavy atom. The van der Waals surface area contributed by atoms with E-state index in [2.05, 4.69) is 31.0 Å². The third-order valence-electron chi connectivity index (χ3n) is 2.83. The number of halogens is 4. The first-order valence-corrected chi connectivity index (χ1v) is 6.95. The van der Waals surface area contributed by atoms with Gasteiger partial charge in [-0.2, -0.15) is 18.3 Å². The first-order chi connectivity index (χ1) is 10.4. The molecule has 2 heterocycles. The van der Waals surface area contributed by atoms with Gasteiger partial charge in [0.15, 0.2) is 5.69 Å². The standard InChI is InChI=1S/C14H8BrF3N4/c15-10-7-19-22(8-10)13-20-11(9-4-2-1-3-5-9)6-12(21-13)14(16,17)18/h1-8H. The molecule has 0 amide bonds. The monoisotopic (exact) mass is 368 g/mol. The molecular weight excluding hydrogens is 361 g/mol. The van der Waals surface area contributed by atoms with E-state index in [1.165, 1.54) is 17.1 Å². The first-order valence-electron chi connectivity index (χ1n) is 6.16. The maximum atomic E-state index is 13.1. The van der Waals surface area contributed by atoms with Crippen LogP contribution in [0.25, 0.3) is 17.2 Å². The van der Waals surface area contributed by atoms with Crippen LogP contribution < -0.4 is 0 Å². The molecule has 3 rings (SSSR count). The molecule has 0 radical (unpaired) electrons. The fourth-order valence-electron chi connectivity index (χ4n) is 1.85. The molecule has 0 aliphatic carbocycles. The van der Waals surface area contributed by atoms with Crippen molar-refractivity contribution >= 4 is 15.9 Å². The lowest BCUT2D eigenvalue weighted by Gasteiger charge is -2.10. The highest BCUT2D eigenvalue weighted by atomic mass is 79.9. The lowest BCUT2D eigenvalue weighted by Crippen LogP contribution is -2.13. The van der Waals surface area contributed by atoms with E-state index < -0.39 is 11.9 Å². The summed E-state index contributed by atoms with van der Waals surface area (Å²) >= 11 is 3.19. The Morgan fingerprint density at radius 1 is 1.05 bits per heavy atom. The van der Waals surface area contributed by atoms with Crippen molar-refractivity contribution in [1.82, 2.24) is 19.7 Å². The third-order valence-corrected chi connectivity index (χ3v) is 3.24. The van der Waals surface area contributed by atoms with Crippen LogP contribution in [0.5, 0.6) is 0 Å². The summed E-state index contributed by atoms with van der Waals surface area (Å²) in [5, 5.41) is 3.92. The summed E-state index contributed by atoms with van der Waals surface area (Å²) in [6, 6.07) is 9.54. The van der Waals surface area contributed by atoms with Crippen molar-refractivity contribution in [1.29, 1.82) is 0 Å². The molecule has 0 atom stereocenters. The lowest BCUT2D eigenvalue weighted by molar-refractivity contribution is -0.141.